The lowest BCUT2D eigenvalue weighted by atomic mass is 9.98. The number of likely N-dealkylation sites (tertiary alicyclic amines) is 1. The smallest absolute Gasteiger partial charge is 0.356 e. The molecule has 1 fully saturated rings. The van der Waals surface area contributed by atoms with Gasteiger partial charge in [0.1, 0.15) is 0 Å². The van der Waals surface area contributed by atoms with Crippen molar-refractivity contribution in [1.82, 2.24) is 9.88 Å². The van der Waals surface area contributed by atoms with Crippen molar-refractivity contribution in [2.24, 2.45) is 5.92 Å². The lowest BCUT2D eigenvalue weighted by molar-refractivity contribution is 0.0691. The zero-order chi connectivity index (χ0) is 13.0. The number of hydrogen-bond acceptors (Lipinski definition) is 4. The highest BCUT2D eigenvalue weighted by atomic mass is 16.4. The van der Waals surface area contributed by atoms with Gasteiger partial charge in [-0.1, -0.05) is 0 Å². The second-order valence-electron chi connectivity index (χ2n) is 4.86. The van der Waals surface area contributed by atoms with Crippen LogP contribution >= 0.6 is 0 Å². The summed E-state index contributed by atoms with van der Waals surface area (Å²) >= 11 is 0. The number of carboxylic acids is 1. The molecule has 5 heteroatoms. The number of pyridine rings is 1. The van der Waals surface area contributed by atoms with E-state index in [1.807, 2.05) is 0 Å². The van der Waals surface area contributed by atoms with Crippen molar-refractivity contribution in [3.8, 4) is 0 Å². The van der Waals surface area contributed by atoms with Crippen LogP contribution in [-0.4, -0.2) is 47.6 Å². The lowest BCUT2D eigenvalue weighted by Gasteiger charge is -2.30. The Labute approximate surface area is 107 Å². The first kappa shape index (κ1) is 12.8. The first-order valence-electron chi connectivity index (χ1n) is 6.27. The number of anilines is 1. The second kappa shape index (κ2) is 5.82. The molecule has 5 nitrogen and oxygen atoms in total. The number of hydrogen-bond donors (Lipinski definition) is 2. The van der Waals surface area contributed by atoms with E-state index >= 15 is 0 Å². The van der Waals surface area contributed by atoms with Crippen LogP contribution in [0.1, 0.15) is 23.3 Å². The normalized spacial score (nSPS) is 20.6. The third kappa shape index (κ3) is 3.20. The summed E-state index contributed by atoms with van der Waals surface area (Å²) in [6.45, 7) is 3.02. The van der Waals surface area contributed by atoms with Crippen molar-refractivity contribution < 1.29 is 9.90 Å². The molecular formula is C13H19N3O2. The number of carboxylic acid groups (broad SMARTS) is 1. The van der Waals surface area contributed by atoms with E-state index in [1.165, 1.54) is 19.0 Å². The molecule has 98 valence electrons. The highest BCUT2D eigenvalue weighted by Gasteiger charge is 2.18. The van der Waals surface area contributed by atoms with Crippen LogP contribution in [0.4, 0.5) is 5.69 Å². The molecule has 0 saturated carbocycles. The van der Waals surface area contributed by atoms with Gasteiger partial charge in [-0.05, 0) is 44.5 Å². The van der Waals surface area contributed by atoms with Crippen LogP contribution in [0.5, 0.6) is 0 Å². The van der Waals surface area contributed by atoms with E-state index in [1.54, 1.807) is 12.1 Å². The summed E-state index contributed by atoms with van der Waals surface area (Å²) in [6.07, 6.45) is 3.91. The molecule has 1 aromatic rings. The van der Waals surface area contributed by atoms with Crippen LogP contribution in [0.3, 0.4) is 0 Å². The van der Waals surface area contributed by atoms with Crippen molar-refractivity contribution in [1.29, 1.82) is 0 Å². The fourth-order valence-corrected chi connectivity index (χ4v) is 2.41. The summed E-state index contributed by atoms with van der Waals surface area (Å²) in [4.78, 5) is 17.2. The van der Waals surface area contributed by atoms with Crippen molar-refractivity contribution >= 4 is 11.7 Å². The van der Waals surface area contributed by atoms with E-state index in [4.69, 9.17) is 5.11 Å². The van der Waals surface area contributed by atoms with Gasteiger partial charge in [0, 0.05) is 19.3 Å². The lowest BCUT2D eigenvalue weighted by Crippen LogP contribution is -2.35. The highest BCUT2D eigenvalue weighted by molar-refractivity contribution is 5.91. The number of nitrogens with zero attached hydrogens (tertiary/aromatic N) is 2. The largest absolute Gasteiger partial charge is 0.476 e. The minimum Gasteiger partial charge on any atom is -0.476 e. The molecule has 0 aromatic carbocycles. The molecule has 1 atom stereocenters. The van der Waals surface area contributed by atoms with E-state index in [0.717, 1.165) is 19.6 Å². The number of aromatic carboxylic acids is 1. The molecule has 0 spiro atoms. The maximum atomic E-state index is 11.0. The molecule has 1 aliphatic rings. The SMILES string of the molecule is CN1CCCC(CNc2cccnc2C(=O)O)C1. The topological polar surface area (TPSA) is 65.5 Å². The summed E-state index contributed by atoms with van der Waals surface area (Å²) in [5.41, 5.74) is 0.708. The summed E-state index contributed by atoms with van der Waals surface area (Å²) in [5, 5.41) is 12.2. The van der Waals surface area contributed by atoms with Crippen LogP contribution in [0.15, 0.2) is 18.3 Å². The van der Waals surface area contributed by atoms with Gasteiger partial charge in [0.05, 0.1) is 5.69 Å². The zero-order valence-electron chi connectivity index (χ0n) is 10.6. The summed E-state index contributed by atoms with van der Waals surface area (Å²) in [5.74, 6) is -0.413. The fourth-order valence-electron chi connectivity index (χ4n) is 2.41. The summed E-state index contributed by atoms with van der Waals surface area (Å²) < 4.78 is 0. The van der Waals surface area contributed by atoms with Gasteiger partial charge in [-0.25, -0.2) is 9.78 Å². The van der Waals surface area contributed by atoms with Crippen molar-refractivity contribution in [2.45, 2.75) is 12.8 Å². The third-order valence-electron chi connectivity index (χ3n) is 3.31. The minimum atomic E-state index is -0.987. The Morgan fingerprint density at radius 2 is 2.50 bits per heavy atom. The van der Waals surface area contributed by atoms with E-state index in [2.05, 4.69) is 22.2 Å². The predicted octanol–water partition coefficient (Wildman–Crippen LogP) is 1.53. The predicted molar refractivity (Wildman–Crippen MR) is 69.9 cm³/mol. The maximum absolute atomic E-state index is 11.0. The molecule has 0 bridgehead atoms. The molecule has 1 aliphatic heterocycles. The van der Waals surface area contributed by atoms with Crippen molar-refractivity contribution in [3.63, 3.8) is 0 Å². The molecule has 1 saturated heterocycles. The Hall–Kier alpha value is -1.62. The van der Waals surface area contributed by atoms with Gasteiger partial charge in [0.2, 0.25) is 0 Å². The third-order valence-corrected chi connectivity index (χ3v) is 3.31. The van der Waals surface area contributed by atoms with E-state index in [-0.39, 0.29) is 5.69 Å². The number of nitrogens with one attached hydrogen (secondary N) is 1. The van der Waals surface area contributed by atoms with Gasteiger partial charge in [-0.3, -0.25) is 0 Å². The van der Waals surface area contributed by atoms with Gasteiger partial charge in [-0.2, -0.15) is 0 Å². The molecule has 1 unspecified atom stereocenters. The minimum absolute atomic E-state index is 0.0988. The summed E-state index contributed by atoms with van der Waals surface area (Å²) in [6, 6.07) is 3.52. The van der Waals surface area contributed by atoms with Crippen molar-refractivity contribution in [2.75, 3.05) is 32.0 Å². The fraction of sp³-hybridized carbons (Fsp3) is 0.538. The Morgan fingerprint density at radius 3 is 3.22 bits per heavy atom. The van der Waals surface area contributed by atoms with Crippen LogP contribution in [-0.2, 0) is 0 Å². The van der Waals surface area contributed by atoms with Crippen molar-refractivity contribution in [3.05, 3.63) is 24.0 Å². The Morgan fingerprint density at radius 1 is 1.67 bits per heavy atom. The number of carbonyl (C=O) groups is 1. The van der Waals surface area contributed by atoms with Crippen LogP contribution in [0, 0.1) is 5.92 Å². The molecule has 0 amide bonds. The number of rotatable bonds is 4. The molecule has 2 rings (SSSR count). The van der Waals surface area contributed by atoms with Gasteiger partial charge < -0.3 is 15.3 Å². The van der Waals surface area contributed by atoms with Gasteiger partial charge in [0.15, 0.2) is 5.69 Å². The molecular weight excluding hydrogens is 230 g/mol. The first-order valence-corrected chi connectivity index (χ1v) is 6.27. The molecule has 18 heavy (non-hydrogen) atoms. The van der Waals surface area contributed by atoms with Crippen LogP contribution in [0.2, 0.25) is 0 Å². The highest BCUT2D eigenvalue weighted by Crippen LogP contribution is 2.17. The Balaban J connectivity index is 1.95. The number of piperidine rings is 1. The second-order valence-corrected chi connectivity index (χ2v) is 4.86. The van der Waals surface area contributed by atoms with Crippen LogP contribution in [0.25, 0.3) is 0 Å². The average molecular weight is 249 g/mol. The molecule has 1 aromatic heterocycles. The van der Waals surface area contributed by atoms with Crippen LogP contribution < -0.4 is 5.32 Å². The maximum Gasteiger partial charge on any atom is 0.356 e. The monoisotopic (exact) mass is 249 g/mol. The van der Waals surface area contributed by atoms with Gasteiger partial charge >= 0.3 is 5.97 Å². The number of aromatic nitrogens is 1. The molecule has 2 N–H and O–H groups in total. The Kier molecular flexibility index (Phi) is 4.15. The quantitative estimate of drug-likeness (QED) is 0.847. The molecule has 0 aliphatic carbocycles. The average Bonchev–Trinajstić information content (AvgIpc) is 2.37. The molecule has 0 radical (unpaired) electrons. The Bertz CT molecular complexity index is 422. The first-order chi connectivity index (χ1) is 8.66. The standard InChI is InChI=1S/C13H19N3O2/c1-16-7-3-4-10(9-16)8-15-11-5-2-6-14-12(11)13(17)18/h2,5-6,10,15H,3-4,7-9H2,1H3,(H,17,18). The molecule has 2 heterocycles. The van der Waals surface area contributed by atoms with Gasteiger partial charge in [0.25, 0.3) is 0 Å². The van der Waals surface area contributed by atoms with E-state index in [9.17, 15) is 4.79 Å². The van der Waals surface area contributed by atoms with E-state index < -0.39 is 5.97 Å². The van der Waals surface area contributed by atoms with Gasteiger partial charge in [-0.15, -0.1) is 0 Å². The zero-order valence-corrected chi connectivity index (χ0v) is 10.6. The summed E-state index contributed by atoms with van der Waals surface area (Å²) in [7, 11) is 2.12. The van der Waals surface area contributed by atoms with E-state index in [0.29, 0.717) is 11.6 Å².